The molecule has 1 amide bonds. The smallest absolute Gasteiger partial charge is 0.357 e. The highest BCUT2D eigenvalue weighted by Gasteiger charge is 2.23. The van der Waals surface area contributed by atoms with Crippen LogP contribution in [0.1, 0.15) is 45.2 Å². The summed E-state index contributed by atoms with van der Waals surface area (Å²) >= 11 is 0. The normalized spacial score (nSPS) is 10.7. The molecule has 0 aliphatic carbocycles. The molecule has 178 valence electrons. The standard InChI is InChI=1S/C23H28N2O8/c1-14(2)12-24-21(27)19-8-7-17(20(25-19)23(29)31-4)16-6-5-15(26)11-18(16)22(28)33-13-32-10-9-30-3/h5-8,11,14,26H,9-10,12-13H2,1-4H3,(H,24,27). The fraction of sp³-hybridized carbons (Fsp3) is 0.391. The number of aromatic nitrogens is 1. The number of methoxy groups -OCH3 is 2. The molecule has 1 aromatic carbocycles. The second-order valence-corrected chi connectivity index (χ2v) is 7.37. The molecule has 0 radical (unpaired) electrons. The van der Waals surface area contributed by atoms with Crippen LogP contribution in [0, 0.1) is 5.92 Å². The lowest BCUT2D eigenvalue weighted by molar-refractivity contribution is -0.0435. The summed E-state index contributed by atoms with van der Waals surface area (Å²) in [4.78, 5) is 41.7. The Kier molecular flexibility index (Phi) is 9.77. The summed E-state index contributed by atoms with van der Waals surface area (Å²) in [6.07, 6.45) is 0. The van der Waals surface area contributed by atoms with Gasteiger partial charge in [-0.25, -0.2) is 14.6 Å². The Bertz CT molecular complexity index is 990. The molecule has 0 aliphatic heterocycles. The van der Waals surface area contributed by atoms with Gasteiger partial charge in [-0.2, -0.15) is 0 Å². The second kappa shape index (κ2) is 12.5. The molecule has 0 saturated carbocycles. The van der Waals surface area contributed by atoms with E-state index in [2.05, 4.69) is 10.3 Å². The number of phenols is 1. The summed E-state index contributed by atoms with van der Waals surface area (Å²) in [7, 11) is 2.70. The Hall–Kier alpha value is -3.50. The molecule has 2 aromatic rings. The van der Waals surface area contributed by atoms with Gasteiger partial charge in [-0.05, 0) is 41.8 Å². The van der Waals surface area contributed by atoms with Gasteiger partial charge in [0.15, 0.2) is 12.5 Å². The Morgan fingerprint density at radius 2 is 1.76 bits per heavy atom. The SMILES string of the molecule is COCCOCOC(=O)c1cc(O)ccc1-c1ccc(C(=O)NCC(C)C)nc1C(=O)OC. The van der Waals surface area contributed by atoms with Crippen molar-refractivity contribution in [3.05, 3.63) is 47.3 Å². The maximum absolute atomic E-state index is 12.7. The van der Waals surface area contributed by atoms with E-state index in [1.807, 2.05) is 13.8 Å². The highest BCUT2D eigenvalue weighted by molar-refractivity contribution is 6.03. The minimum absolute atomic E-state index is 0.0192. The van der Waals surface area contributed by atoms with Crippen molar-refractivity contribution in [1.29, 1.82) is 0 Å². The van der Waals surface area contributed by atoms with Gasteiger partial charge >= 0.3 is 11.9 Å². The predicted octanol–water partition coefficient (Wildman–Crippen LogP) is 2.40. The maximum Gasteiger partial charge on any atom is 0.357 e. The van der Waals surface area contributed by atoms with E-state index in [0.717, 1.165) is 0 Å². The Labute approximate surface area is 191 Å². The first-order chi connectivity index (χ1) is 15.8. The van der Waals surface area contributed by atoms with Crippen molar-refractivity contribution >= 4 is 17.8 Å². The van der Waals surface area contributed by atoms with Crippen LogP contribution < -0.4 is 5.32 Å². The average Bonchev–Trinajstić information content (AvgIpc) is 2.81. The number of carbonyl (C=O) groups excluding carboxylic acids is 3. The molecule has 0 spiro atoms. The minimum atomic E-state index is -0.793. The maximum atomic E-state index is 12.7. The summed E-state index contributed by atoms with van der Waals surface area (Å²) < 4.78 is 19.9. The van der Waals surface area contributed by atoms with Gasteiger partial charge in [0.1, 0.15) is 11.4 Å². The van der Waals surface area contributed by atoms with Gasteiger partial charge in [-0.1, -0.05) is 13.8 Å². The molecule has 0 aliphatic rings. The van der Waals surface area contributed by atoms with Crippen LogP contribution in [0.5, 0.6) is 5.75 Å². The Morgan fingerprint density at radius 3 is 2.42 bits per heavy atom. The van der Waals surface area contributed by atoms with Gasteiger partial charge in [-0.15, -0.1) is 0 Å². The summed E-state index contributed by atoms with van der Waals surface area (Å²) in [6, 6.07) is 6.93. The van der Waals surface area contributed by atoms with E-state index in [1.165, 1.54) is 44.6 Å². The molecule has 0 bridgehead atoms. The fourth-order valence-corrected chi connectivity index (χ4v) is 2.75. The number of nitrogens with zero attached hydrogens (tertiary/aromatic N) is 1. The number of pyridine rings is 1. The van der Waals surface area contributed by atoms with Gasteiger partial charge in [0.25, 0.3) is 5.91 Å². The number of hydrogen-bond acceptors (Lipinski definition) is 9. The van der Waals surface area contributed by atoms with Gasteiger partial charge < -0.3 is 29.4 Å². The molecule has 2 N–H and O–H groups in total. The number of esters is 2. The van der Waals surface area contributed by atoms with Crippen molar-refractivity contribution in [3.8, 4) is 16.9 Å². The number of ether oxygens (including phenoxy) is 4. The number of nitrogens with one attached hydrogen (secondary N) is 1. The lowest BCUT2D eigenvalue weighted by atomic mass is 9.97. The van der Waals surface area contributed by atoms with Gasteiger partial charge in [-0.3, -0.25) is 4.79 Å². The Balaban J connectivity index is 2.41. The van der Waals surface area contributed by atoms with Crippen LogP contribution in [0.25, 0.3) is 11.1 Å². The zero-order valence-corrected chi connectivity index (χ0v) is 19.0. The highest BCUT2D eigenvalue weighted by Crippen LogP contribution is 2.30. The quantitative estimate of drug-likeness (QED) is 0.294. The molecule has 10 nitrogen and oxygen atoms in total. The van der Waals surface area contributed by atoms with Crippen LogP contribution in [0.15, 0.2) is 30.3 Å². The topological polar surface area (TPSA) is 133 Å². The molecule has 0 saturated heterocycles. The van der Waals surface area contributed by atoms with Crippen LogP contribution in [0.4, 0.5) is 0 Å². The summed E-state index contributed by atoms with van der Waals surface area (Å²) in [5, 5.41) is 12.6. The lowest BCUT2D eigenvalue weighted by Gasteiger charge is -2.14. The van der Waals surface area contributed by atoms with E-state index in [0.29, 0.717) is 13.2 Å². The van der Waals surface area contributed by atoms with Crippen molar-refractivity contribution in [2.45, 2.75) is 13.8 Å². The first-order valence-electron chi connectivity index (χ1n) is 10.2. The van der Waals surface area contributed by atoms with E-state index in [1.54, 1.807) is 0 Å². The van der Waals surface area contributed by atoms with Crippen LogP contribution in [0.2, 0.25) is 0 Å². The third-order valence-electron chi connectivity index (χ3n) is 4.40. The van der Waals surface area contributed by atoms with Gasteiger partial charge in [0.05, 0.1) is 25.9 Å². The lowest BCUT2D eigenvalue weighted by Crippen LogP contribution is -2.28. The zero-order valence-electron chi connectivity index (χ0n) is 19.0. The van der Waals surface area contributed by atoms with Crippen molar-refractivity contribution in [2.75, 3.05) is 40.8 Å². The molecular formula is C23H28N2O8. The zero-order chi connectivity index (χ0) is 24.4. The number of aromatic hydroxyl groups is 1. The molecule has 0 unspecified atom stereocenters. The predicted molar refractivity (Wildman–Crippen MR) is 118 cm³/mol. The Morgan fingerprint density at radius 1 is 1.03 bits per heavy atom. The molecule has 1 heterocycles. The van der Waals surface area contributed by atoms with E-state index in [4.69, 9.17) is 18.9 Å². The van der Waals surface area contributed by atoms with Crippen LogP contribution >= 0.6 is 0 Å². The molecule has 33 heavy (non-hydrogen) atoms. The summed E-state index contributed by atoms with van der Waals surface area (Å²) in [6.45, 7) is 4.58. The summed E-state index contributed by atoms with van der Waals surface area (Å²) in [5.74, 6) is -1.97. The highest BCUT2D eigenvalue weighted by atomic mass is 16.7. The van der Waals surface area contributed by atoms with Crippen molar-refractivity contribution in [3.63, 3.8) is 0 Å². The molecular weight excluding hydrogens is 432 g/mol. The van der Waals surface area contributed by atoms with E-state index in [9.17, 15) is 19.5 Å². The van der Waals surface area contributed by atoms with E-state index < -0.39 is 17.8 Å². The monoisotopic (exact) mass is 460 g/mol. The van der Waals surface area contributed by atoms with Crippen LogP contribution in [-0.2, 0) is 18.9 Å². The van der Waals surface area contributed by atoms with Gasteiger partial charge in [0, 0.05) is 19.2 Å². The third-order valence-corrected chi connectivity index (χ3v) is 4.40. The number of carbonyl (C=O) groups is 3. The number of amides is 1. The first kappa shape index (κ1) is 25.8. The summed E-state index contributed by atoms with van der Waals surface area (Å²) in [5.41, 5.74) is 0.334. The second-order valence-electron chi connectivity index (χ2n) is 7.37. The van der Waals surface area contributed by atoms with Crippen molar-refractivity contribution in [1.82, 2.24) is 10.3 Å². The minimum Gasteiger partial charge on any atom is -0.508 e. The number of rotatable bonds is 11. The first-order valence-corrected chi connectivity index (χ1v) is 10.2. The molecule has 0 fully saturated rings. The van der Waals surface area contributed by atoms with Crippen LogP contribution in [-0.4, -0.2) is 68.7 Å². The van der Waals surface area contributed by atoms with E-state index >= 15 is 0 Å². The third kappa shape index (κ3) is 7.26. The average molecular weight is 460 g/mol. The molecule has 1 aromatic heterocycles. The van der Waals surface area contributed by atoms with Crippen LogP contribution in [0.3, 0.4) is 0 Å². The van der Waals surface area contributed by atoms with Gasteiger partial charge in [0.2, 0.25) is 0 Å². The molecule has 0 atom stereocenters. The van der Waals surface area contributed by atoms with Crippen molar-refractivity contribution in [2.24, 2.45) is 5.92 Å². The largest absolute Gasteiger partial charge is 0.508 e. The van der Waals surface area contributed by atoms with E-state index in [-0.39, 0.29) is 53.1 Å². The number of hydrogen-bond donors (Lipinski definition) is 2. The van der Waals surface area contributed by atoms with Crippen molar-refractivity contribution < 1.29 is 38.4 Å². The molecule has 2 rings (SSSR count). The fourth-order valence-electron chi connectivity index (χ4n) is 2.75. The molecule has 10 heteroatoms. The number of benzene rings is 1. The number of phenolic OH excluding ortho intramolecular Hbond substituents is 1.